The molecule has 28 heavy (non-hydrogen) atoms. The number of aliphatic hydroxyl groups is 1. The van der Waals surface area contributed by atoms with Crippen LogP contribution in [0.3, 0.4) is 0 Å². The Morgan fingerprint density at radius 3 is 2.29 bits per heavy atom. The molecule has 0 aromatic heterocycles. The number of allylic oxidation sites excluding steroid dienone is 2. The molecule has 0 spiro atoms. The van der Waals surface area contributed by atoms with E-state index in [-0.39, 0.29) is 5.78 Å². The zero-order valence-electron chi connectivity index (χ0n) is 15.3. The zero-order chi connectivity index (χ0) is 20.9. The number of carbonyl (C=O) groups excluding carboxylic acids is 1. The molecule has 0 saturated heterocycles. The summed E-state index contributed by atoms with van der Waals surface area (Å²) < 4.78 is 8.19. The van der Waals surface area contributed by atoms with E-state index in [0.717, 1.165) is 41.2 Å². The fourth-order valence-electron chi connectivity index (χ4n) is 2.68. The fourth-order valence-corrected chi connectivity index (χ4v) is 2.68. The molecular formula is C21H21NO5V. The number of hydrogen-bond acceptors (Lipinski definition) is 5. The minimum atomic E-state index is -0.956. The number of fused-ring (bicyclic) bond motifs is 1. The number of aliphatic hydroxyl groups excluding tert-OH is 1. The molecule has 0 fully saturated rings. The first-order valence-corrected chi connectivity index (χ1v) is 8.90. The van der Waals surface area contributed by atoms with Crippen molar-refractivity contribution < 1.29 is 40.8 Å². The van der Waals surface area contributed by atoms with Crippen molar-refractivity contribution >= 4 is 23.4 Å². The maximum absolute atomic E-state index is 12.2. The van der Waals surface area contributed by atoms with Gasteiger partial charge in [0.25, 0.3) is 0 Å². The van der Waals surface area contributed by atoms with Gasteiger partial charge in [0.15, 0.2) is 5.78 Å². The molecule has 3 N–H and O–H groups in total. The Bertz CT molecular complexity index is 849. The van der Waals surface area contributed by atoms with E-state index in [2.05, 4.69) is 5.32 Å². The third-order valence-electron chi connectivity index (χ3n) is 3.94. The van der Waals surface area contributed by atoms with Crippen LogP contribution in [-0.4, -0.2) is 35.1 Å². The van der Waals surface area contributed by atoms with Crippen LogP contribution < -0.4 is 5.32 Å². The molecule has 1 atom stereocenters. The van der Waals surface area contributed by atoms with E-state index < -0.39 is 12.0 Å². The van der Waals surface area contributed by atoms with Gasteiger partial charge in [0.2, 0.25) is 0 Å². The standard InChI is InChI=1S/C20H17NO3.CH4O.O.V/c22-19-11-10-15-8-4-5-9-16(15)17(19)13-21-18(20(23)24)12-14-6-2-1-3-7-14;1-2;;/h1-11,13,18,21H,12H2,(H,23,24);2H,1H3;;/b17-13-;;;/t18-;;;/m1.../s1. The van der Waals surface area contributed by atoms with Crippen molar-refractivity contribution in [3.8, 4) is 0 Å². The third kappa shape index (κ3) is 6.42. The molecule has 1 aliphatic carbocycles. The number of nitrogens with one attached hydrogen (secondary N) is 1. The van der Waals surface area contributed by atoms with Gasteiger partial charge in [0.05, 0.1) is 0 Å². The average Bonchev–Trinajstić information content (AvgIpc) is 2.75. The molecule has 0 bridgehead atoms. The van der Waals surface area contributed by atoms with Crippen molar-refractivity contribution in [3.63, 3.8) is 0 Å². The van der Waals surface area contributed by atoms with Crippen LogP contribution in [0.1, 0.15) is 16.7 Å². The molecular weight excluding hydrogens is 397 g/mol. The number of carboxylic acid groups (broad SMARTS) is 1. The summed E-state index contributed by atoms with van der Waals surface area (Å²) in [6.07, 6.45) is 5.13. The normalized spacial score (nSPS) is 13.9. The summed E-state index contributed by atoms with van der Waals surface area (Å²) in [5, 5.41) is 19.3. The zero-order valence-corrected chi connectivity index (χ0v) is 16.7. The van der Waals surface area contributed by atoms with Gasteiger partial charge in [-0.05, 0) is 22.8 Å². The molecule has 0 unspecified atom stereocenters. The molecule has 0 radical (unpaired) electrons. The Hall–Kier alpha value is -2.80. The second-order valence-corrected chi connectivity index (χ2v) is 5.59. The van der Waals surface area contributed by atoms with Gasteiger partial charge in [-0.2, -0.15) is 0 Å². The topological polar surface area (TPSA) is 104 Å². The Labute approximate surface area is 172 Å². The van der Waals surface area contributed by atoms with Gasteiger partial charge < -0.3 is 15.5 Å². The minimum absolute atomic E-state index is 0.134. The second kappa shape index (κ2) is 12.6. The van der Waals surface area contributed by atoms with Gasteiger partial charge in [0, 0.05) is 25.3 Å². The number of carboxylic acids is 1. The van der Waals surface area contributed by atoms with Crippen molar-refractivity contribution in [3.05, 3.63) is 83.6 Å². The van der Waals surface area contributed by atoms with E-state index in [4.69, 9.17) is 8.78 Å². The number of hydrogen-bond donors (Lipinski definition) is 3. The van der Waals surface area contributed by atoms with Crippen molar-refractivity contribution in [1.29, 1.82) is 0 Å². The summed E-state index contributed by atoms with van der Waals surface area (Å²) in [5.41, 5.74) is 3.15. The monoisotopic (exact) mass is 418 g/mol. The Morgan fingerprint density at radius 2 is 1.64 bits per heavy atom. The third-order valence-corrected chi connectivity index (χ3v) is 3.94. The molecule has 7 heteroatoms. The van der Waals surface area contributed by atoms with Crippen LogP contribution in [0.15, 0.2) is 66.9 Å². The summed E-state index contributed by atoms with van der Waals surface area (Å²) in [6, 6.07) is 16.1. The van der Waals surface area contributed by atoms with E-state index in [1.165, 1.54) is 12.3 Å². The molecule has 145 valence electrons. The van der Waals surface area contributed by atoms with E-state index in [1.54, 1.807) is 6.08 Å². The predicted molar refractivity (Wildman–Crippen MR) is 102 cm³/mol. The number of benzene rings is 2. The van der Waals surface area contributed by atoms with Crippen LogP contribution in [0.2, 0.25) is 0 Å². The predicted octanol–water partition coefficient (Wildman–Crippen LogP) is 2.40. The number of ketones is 1. The van der Waals surface area contributed by atoms with Crippen molar-refractivity contribution in [2.45, 2.75) is 12.5 Å². The van der Waals surface area contributed by atoms with E-state index in [0.29, 0.717) is 12.0 Å². The number of rotatable bonds is 5. The maximum atomic E-state index is 12.2. The molecule has 0 aliphatic heterocycles. The van der Waals surface area contributed by atoms with Crippen molar-refractivity contribution in [1.82, 2.24) is 5.32 Å². The van der Waals surface area contributed by atoms with Crippen LogP contribution in [0, 0.1) is 0 Å². The molecule has 2 aromatic carbocycles. The van der Waals surface area contributed by atoms with Crippen LogP contribution >= 0.6 is 0 Å². The molecule has 1 aliphatic rings. The van der Waals surface area contributed by atoms with Gasteiger partial charge in [0.1, 0.15) is 6.04 Å². The molecule has 3 rings (SSSR count). The van der Waals surface area contributed by atoms with Crippen molar-refractivity contribution in [2.24, 2.45) is 0 Å². The van der Waals surface area contributed by atoms with Crippen molar-refractivity contribution in [2.75, 3.05) is 7.11 Å². The van der Waals surface area contributed by atoms with Gasteiger partial charge >= 0.3 is 27.0 Å². The van der Waals surface area contributed by atoms with Crippen LogP contribution in [-0.2, 0) is 37.1 Å². The summed E-state index contributed by atoms with van der Waals surface area (Å²) in [6.45, 7) is 0. The quantitative estimate of drug-likeness (QED) is 0.645. The molecule has 0 amide bonds. The van der Waals surface area contributed by atoms with Crippen LogP contribution in [0.4, 0.5) is 0 Å². The van der Waals surface area contributed by atoms with E-state index in [9.17, 15) is 14.7 Å². The van der Waals surface area contributed by atoms with E-state index >= 15 is 0 Å². The Morgan fingerprint density at radius 1 is 1.04 bits per heavy atom. The van der Waals surface area contributed by atoms with Crippen LogP contribution in [0.25, 0.3) is 11.6 Å². The summed E-state index contributed by atoms with van der Waals surface area (Å²) in [7, 11) is 1.00. The average molecular weight is 418 g/mol. The number of aliphatic carboxylic acids is 1. The summed E-state index contributed by atoms with van der Waals surface area (Å²) in [4.78, 5) is 23.7. The van der Waals surface area contributed by atoms with Gasteiger partial charge in [-0.1, -0.05) is 60.7 Å². The van der Waals surface area contributed by atoms with Gasteiger partial charge in [-0.25, -0.2) is 4.79 Å². The van der Waals surface area contributed by atoms with Gasteiger partial charge in [-0.3, -0.25) is 4.79 Å². The summed E-state index contributed by atoms with van der Waals surface area (Å²) in [5.74, 6) is -1.09. The Kier molecular flexibility index (Phi) is 10.4. The van der Waals surface area contributed by atoms with E-state index in [1.807, 2.05) is 54.6 Å². The second-order valence-electron chi connectivity index (χ2n) is 5.59. The molecule has 0 saturated carbocycles. The van der Waals surface area contributed by atoms with Crippen LogP contribution in [0.5, 0.6) is 0 Å². The Balaban J connectivity index is 0.000000921. The first-order chi connectivity index (χ1) is 13.6. The number of carbonyl (C=O) groups is 2. The fraction of sp³-hybridized carbons (Fsp3) is 0.143. The SMILES string of the molecule is CO.O=C1C=Cc2ccccc2/C1=C/N[C@H](Cc1ccccc1)C(=O)O.[O]=[V]. The van der Waals surface area contributed by atoms with Gasteiger partial charge in [-0.15, -0.1) is 0 Å². The molecule has 6 nitrogen and oxygen atoms in total. The first kappa shape index (κ1) is 23.2. The molecule has 2 aromatic rings. The molecule has 0 heterocycles. The first-order valence-electron chi connectivity index (χ1n) is 8.33. The summed E-state index contributed by atoms with van der Waals surface area (Å²) >= 11 is 1.06.